The van der Waals surface area contributed by atoms with Gasteiger partial charge in [-0.2, -0.15) is 13.2 Å². The zero-order valence-corrected chi connectivity index (χ0v) is 59.6. The van der Waals surface area contributed by atoms with E-state index in [-0.39, 0.29) is 92.4 Å². The van der Waals surface area contributed by atoms with Crippen LogP contribution in [0.5, 0.6) is 0 Å². The third-order valence-electron chi connectivity index (χ3n) is 18.3. The molecule has 4 N–H and O–H groups in total. The van der Waals surface area contributed by atoms with Crippen molar-refractivity contribution in [1.82, 2.24) is 39.7 Å². The lowest BCUT2D eigenvalue weighted by atomic mass is 9.73. The highest BCUT2D eigenvalue weighted by Gasteiger charge is 2.49. The number of hydrogen-bond acceptors (Lipinski definition) is 19. The predicted molar refractivity (Wildman–Crippen MR) is 377 cm³/mol. The Hall–Kier alpha value is -8.19. The molecule has 1 aliphatic carbocycles. The van der Waals surface area contributed by atoms with Crippen LogP contribution in [0.3, 0.4) is 0 Å². The summed E-state index contributed by atoms with van der Waals surface area (Å²) < 4.78 is 113. The molecule has 0 spiro atoms. The van der Waals surface area contributed by atoms with Crippen molar-refractivity contribution in [2.45, 2.75) is 130 Å². The second-order valence-corrected chi connectivity index (χ2v) is 31.4. The number of piperidine rings is 1. The molecule has 10 rings (SSSR count). The van der Waals surface area contributed by atoms with Gasteiger partial charge in [0, 0.05) is 111 Å². The van der Waals surface area contributed by atoms with E-state index in [0.29, 0.717) is 55.1 Å². The van der Waals surface area contributed by atoms with Crippen LogP contribution in [0.25, 0.3) is 5.57 Å². The number of nitrogens with one attached hydrogen (secondary N) is 4. The Morgan fingerprint density at radius 1 is 0.832 bits per heavy atom. The fourth-order valence-electron chi connectivity index (χ4n) is 12.7. The van der Waals surface area contributed by atoms with Crippen LogP contribution in [0.2, 0.25) is 5.02 Å². The summed E-state index contributed by atoms with van der Waals surface area (Å²) in [7, 11) is -9.54. The number of sulfonamides is 1. The van der Waals surface area contributed by atoms with Crippen LogP contribution in [0, 0.1) is 5.41 Å². The highest BCUT2D eigenvalue weighted by atomic mass is 35.5. The van der Waals surface area contributed by atoms with Gasteiger partial charge in [0.15, 0.2) is 0 Å². The Morgan fingerprint density at radius 3 is 2.30 bits per heavy atom. The number of anilines is 3. The molecule has 6 aromatic rings. The van der Waals surface area contributed by atoms with Crippen molar-refractivity contribution < 1.29 is 68.2 Å². The van der Waals surface area contributed by atoms with Crippen molar-refractivity contribution >= 4 is 101 Å². The van der Waals surface area contributed by atoms with E-state index < -0.39 is 82.5 Å². The van der Waals surface area contributed by atoms with E-state index in [9.17, 15) is 58.8 Å². The number of carbonyl (C=O) groups is 6. The summed E-state index contributed by atoms with van der Waals surface area (Å²) in [6, 6.07) is 28.7. The lowest BCUT2D eigenvalue weighted by molar-refractivity contribution is -0.136. The van der Waals surface area contributed by atoms with Gasteiger partial charge in [-0.1, -0.05) is 85.5 Å². The first-order valence-corrected chi connectivity index (χ1v) is 37.9. The molecular weight excluding hydrogens is 1390 g/mol. The number of benzene rings is 5. The molecule has 23 nitrogen and oxygen atoms in total. The molecule has 4 heterocycles. The molecule has 540 valence electrons. The summed E-state index contributed by atoms with van der Waals surface area (Å²) in [5.41, 5.74) is -0.0427. The van der Waals surface area contributed by atoms with Crippen LogP contribution in [-0.4, -0.2) is 178 Å². The van der Waals surface area contributed by atoms with Crippen LogP contribution in [0.15, 0.2) is 142 Å². The number of aromatic nitrogens is 3. The Bertz CT molecular complexity index is 4230. The summed E-state index contributed by atoms with van der Waals surface area (Å²) in [5, 5.41) is 17.3. The quantitative estimate of drug-likeness (QED) is 0.0169. The van der Waals surface area contributed by atoms with E-state index in [1.165, 1.54) is 51.6 Å². The maximum Gasteiger partial charge on any atom is 0.501 e. The molecule has 1 unspecified atom stereocenters. The van der Waals surface area contributed by atoms with Gasteiger partial charge < -0.3 is 29.9 Å². The van der Waals surface area contributed by atoms with Gasteiger partial charge >= 0.3 is 5.51 Å². The Labute approximate surface area is 595 Å². The maximum atomic E-state index is 14.5. The molecule has 5 aromatic carbocycles. The van der Waals surface area contributed by atoms with Gasteiger partial charge in [-0.25, -0.2) is 21.6 Å². The number of ether oxygens (including phenoxy) is 2. The van der Waals surface area contributed by atoms with Gasteiger partial charge in [0.05, 0.1) is 54.3 Å². The zero-order chi connectivity index (χ0) is 72.1. The highest BCUT2D eigenvalue weighted by Crippen LogP contribution is 2.43. The minimum absolute atomic E-state index is 0.0224. The van der Waals surface area contributed by atoms with Gasteiger partial charge in [-0.15, -0.1) is 16.9 Å². The summed E-state index contributed by atoms with van der Waals surface area (Å²) in [5.74, 6) is -3.38. The number of piperazine rings is 1. The van der Waals surface area contributed by atoms with Crippen molar-refractivity contribution in [1.29, 1.82) is 0 Å². The molecular formula is C71H83ClF3N11O12S3. The first-order valence-electron chi connectivity index (χ1n) is 33.6. The smallest absolute Gasteiger partial charge is 0.382 e. The van der Waals surface area contributed by atoms with E-state index in [2.05, 4.69) is 62.0 Å². The third-order valence-corrected chi connectivity index (χ3v) is 22.6. The van der Waals surface area contributed by atoms with E-state index in [4.69, 9.17) is 21.1 Å². The lowest BCUT2D eigenvalue weighted by Gasteiger charge is -2.39. The van der Waals surface area contributed by atoms with Crippen LogP contribution < -0.4 is 25.6 Å². The van der Waals surface area contributed by atoms with Crippen LogP contribution in [-0.2, 0) is 56.9 Å². The van der Waals surface area contributed by atoms with Crippen LogP contribution in [0.4, 0.5) is 30.2 Å². The number of sulfone groups is 1. The molecule has 0 radical (unpaired) electrons. The Morgan fingerprint density at radius 2 is 1.56 bits per heavy atom. The Balaban J connectivity index is 0.653. The van der Waals surface area contributed by atoms with E-state index >= 15 is 0 Å². The molecule has 1 aromatic heterocycles. The fraction of sp³-hybridized carbons (Fsp3) is 0.437. The molecule has 101 heavy (non-hydrogen) atoms. The number of thioether (sulfide) groups is 1. The minimum Gasteiger partial charge on any atom is -0.382 e. The van der Waals surface area contributed by atoms with Gasteiger partial charge in [0.1, 0.15) is 16.6 Å². The summed E-state index contributed by atoms with van der Waals surface area (Å²) >= 11 is 7.56. The topological polar surface area (TPSA) is 281 Å². The molecule has 6 amide bonds. The number of halogens is 4. The maximum absolute atomic E-state index is 14.5. The van der Waals surface area contributed by atoms with Crippen molar-refractivity contribution in [3.8, 4) is 0 Å². The number of carbonyl (C=O) groups excluding carboxylic acids is 6. The van der Waals surface area contributed by atoms with Gasteiger partial charge in [0.25, 0.3) is 37.6 Å². The van der Waals surface area contributed by atoms with Crippen LogP contribution in [0.1, 0.15) is 127 Å². The number of imide groups is 2. The number of nitrogens with zero attached hydrogens (tertiary/aromatic N) is 7. The lowest BCUT2D eigenvalue weighted by Crippen LogP contribution is -2.54. The van der Waals surface area contributed by atoms with Crippen molar-refractivity contribution in [2.75, 3.05) is 94.0 Å². The monoisotopic (exact) mass is 1470 g/mol. The molecule has 2 atom stereocenters. The number of hydrogen-bond donors (Lipinski definition) is 4. The molecule has 0 bridgehead atoms. The minimum atomic E-state index is -6.19. The predicted octanol–water partition coefficient (Wildman–Crippen LogP) is 10.2. The summed E-state index contributed by atoms with van der Waals surface area (Å²) in [4.78, 5) is 83.2. The van der Waals surface area contributed by atoms with Gasteiger partial charge in [-0.3, -0.25) is 48.6 Å². The molecule has 2 saturated heterocycles. The SMILES string of the molecule is CN(CC[C@H](CSc1ccccc1)Nc1ccc(S(=O)(=O)NC(=O)c2ccc(N3CCN(CC4=C(c5ccc(Cl)cc5)CCC(C)(C)C4)CC3)cc2)cc1S(=O)(=O)C(F)(F)F)C(=O)CCCCCCn1cc(COCCOCCNc2cccc3c2C(=O)N(C2CCC(=O)NC2=O)C3=O)nn1. The second kappa shape index (κ2) is 33.7. The number of fused-ring (bicyclic) bond motifs is 1. The number of unbranched alkanes of at least 4 members (excludes halogenated alkanes) is 3. The number of rotatable bonds is 33. The summed E-state index contributed by atoms with van der Waals surface area (Å²) in [6.07, 6.45) is 8.17. The highest BCUT2D eigenvalue weighted by molar-refractivity contribution is 7.99. The molecule has 2 fully saturated rings. The van der Waals surface area contributed by atoms with Crippen molar-refractivity contribution in [3.63, 3.8) is 0 Å². The second-order valence-electron chi connectivity index (χ2n) is 26.3. The third kappa shape index (κ3) is 19.7. The summed E-state index contributed by atoms with van der Waals surface area (Å²) in [6.45, 7) is 10.4. The standard InChI is InChI=1S/C71H83ClF3N11O12S3/c1-70(2)31-29-57(48-17-21-51(72)22-18-48)50(43-70)44-83-35-37-84(38-36-83)54-23-19-49(20-24-54)66(89)80-101(95,96)56-25-26-59(62(42-56)100(93,94)71(73,74)75)77-52(47-99-55-12-7-6-8-13-55)30-34-82(3)64(88)16-9-4-5-10-33-85-45-53(79-81-85)46-98-41-40-97-39-32-76-60-15-11-14-58-65(60)69(92)86(68(58)91)61-27-28-63(87)78-67(61)90/h6-8,11-15,17-26,42,45,52,61,76-77H,4-5,9-10,16,27-41,43-44,46-47H2,1-3H3,(H,80,89)(H,78,87,90)/t52-,61?/m1/s1. The van der Waals surface area contributed by atoms with Crippen LogP contribution >= 0.6 is 23.4 Å². The number of amides is 6. The molecule has 0 saturated carbocycles. The van der Waals surface area contributed by atoms with E-state index in [1.54, 1.807) is 42.2 Å². The fourth-order valence-corrected chi connectivity index (χ4v) is 15.9. The van der Waals surface area contributed by atoms with Gasteiger partial charge in [0.2, 0.25) is 17.7 Å². The molecule has 3 aliphatic heterocycles. The Kier molecular flexibility index (Phi) is 25.2. The number of aryl methyl sites for hydroxylation is 1. The normalized spacial score (nSPS) is 17.0. The van der Waals surface area contributed by atoms with E-state index in [0.717, 1.165) is 85.8 Å². The first-order chi connectivity index (χ1) is 48.2. The number of allylic oxidation sites excluding steroid dienone is 1. The number of alkyl halides is 3. The van der Waals surface area contributed by atoms with Gasteiger partial charge in [-0.05, 0) is 140 Å². The van der Waals surface area contributed by atoms with Crippen molar-refractivity contribution in [3.05, 3.63) is 160 Å². The average molecular weight is 1470 g/mol. The molecule has 4 aliphatic rings. The largest absolute Gasteiger partial charge is 0.501 e. The van der Waals surface area contributed by atoms with Crippen molar-refractivity contribution in [2.24, 2.45) is 5.41 Å². The average Bonchev–Trinajstić information content (AvgIpc) is 1.70. The zero-order valence-electron chi connectivity index (χ0n) is 56.4. The van der Waals surface area contributed by atoms with E-state index in [1.807, 2.05) is 47.2 Å². The first kappa shape index (κ1) is 75.5. The molecule has 30 heteroatoms.